The number of urea groups is 1. The van der Waals surface area contributed by atoms with Crippen LogP contribution in [0.1, 0.15) is 0 Å². The maximum absolute atomic E-state index is 11.0. The van der Waals surface area contributed by atoms with Crippen LogP contribution >= 0.6 is 0 Å². The summed E-state index contributed by atoms with van der Waals surface area (Å²) in [5, 5.41) is -0.0748. The SMILES string of the molecule is Nc1ccnc(=O)[nH]1.Nc1nc2c(c(=O)[nH]1)=NC(=O)N=2. The first-order valence-corrected chi connectivity index (χ1v) is 5.14. The van der Waals surface area contributed by atoms with E-state index in [9.17, 15) is 14.4 Å². The lowest BCUT2D eigenvalue weighted by Crippen LogP contribution is -2.41. The van der Waals surface area contributed by atoms with Gasteiger partial charge in [-0.05, 0) is 6.07 Å². The lowest BCUT2D eigenvalue weighted by Gasteiger charge is -1.86. The summed E-state index contributed by atoms with van der Waals surface area (Å²) in [6, 6.07) is 0.787. The summed E-state index contributed by atoms with van der Waals surface area (Å²) in [7, 11) is 0. The number of hydrogen-bond acceptors (Lipinski definition) is 7. The van der Waals surface area contributed by atoms with Gasteiger partial charge in [-0.3, -0.25) is 14.8 Å². The van der Waals surface area contributed by atoms with Crippen LogP contribution in [0.5, 0.6) is 0 Å². The fraction of sp³-hybridized carbons (Fsp3) is 0. The number of aromatic amines is 2. The summed E-state index contributed by atoms with van der Waals surface area (Å²) in [4.78, 5) is 50.0. The zero-order valence-corrected chi connectivity index (χ0v) is 9.82. The largest absolute Gasteiger partial charge is 0.385 e. The van der Waals surface area contributed by atoms with E-state index in [1.54, 1.807) is 0 Å². The molecule has 102 valence electrons. The zero-order chi connectivity index (χ0) is 14.7. The van der Waals surface area contributed by atoms with Crippen LogP contribution in [0.4, 0.5) is 16.6 Å². The summed E-state index contributed by atoms with van der Waals surface area (Å²) >= 11 is 0. The number of hydrogen-bond donors (Lipinski definition) is 4. The number of amides is 2. The summed E-state index contributed by atoms with van der Waals surface area (Å²) in [5.74, 6) is 0.261. The van der Waals surface area contributed by atoms with Gasteiger partial charge >= 0.3 is 11.7 Å². The van der Waals surface area contributed by atoms with Crippen LogP contribution in [-0.2, 0) is 0 Å². The molecule has 0 unspecified atom stereocenters. The zero-order valence-electron chi connectivity index (χ0n) is 9.82. The Hall–Kier alpha value is -3.37. The second kappa shape index (κ2) is 5.09. The third-order valence-corrected chi connectivity index (χ3v) is 2.00. The summed E-state index contributed by atoms with van der Waals surface area (Å²) < 4.78 is 0. The monoisotopic (exact) mass is 276 g/mol. The number of nitrogens with zero attached hydrogens (tertiary/aromatic N) is 4. The van der Waals surface area contributed by atoms with Crippen LogP contribution in [0.3, 0.4) is 0 Å². The number of H-pyrrole nitrogens is 2. The standard InChI is InChI=1S/C5H3N5O2.C4H5N3O/c6-4-8-2-1(3(11)10-4)7-5(12)9-2;5-3-1-2-6-4(8)7-3/h(H3,6,8,9,10,11,12);1-2H,(H3,5,6,7,8). The minimum atomic E-state index is -0.728. The molecule has 0 spiro atoms. The number of aromatic nitrogens is 4. The van der Waals surface area contributed by atoms with Crippen molar-refractivity contribution in [3.05, 3.63) is 43.9 Å². The number of anilines is 2. The van der Waals surface area contributed by atoms with Crippen LogP contribution in [0, 0.1) is 0 Å². The van der Waals surface area contributed by atoms with Crippen molar-refractivity contribution in [2.45, 2.75) is 0 Å². The third-order valence-electron chi connectivity index (χ3n) is 2.00. The lowest BCUT2D eigenvalue weighted by molar-refractivity contribution is 0.256. The average molecular weight is 276 g/mol. The molecule has 0 fully saturated rings. The van der Waals surface area contributed by atoms with Gasteiger partial charge in [0.2, 0.25) is 5.95 Å². The van der Waals surface area contributed by atoms with Gasteiger partial charge in [-0.1, -0.05) is 0 Å². The Morgan fingerprint density at radius 1 is 1.05 bits per heavy atom. The molecule has 0 aromatic carbocycles. The van der Waals surface area contributed by atoms with Gasteiger partial charge in [0.25, 0.3) is 5.56 Å². The second-order valence-corrected chi connectivity index (χ2v) is 3.46. The number of carbonyl (C=O) groups excluding carboxylic acids is 1. The van der Waals surface area contributed by atoms with Crippen LogP contribution in [0.25, 0.3) is 0 Å². The number of rotatable bonds is 0. The first-order chi connectivity index (χ1) is 9.45. The van der Waals surface area contributed by atoms with Gasteiger partial charge in [0.15, 0.2) is 10.8 Å². The molecule has 0 aliphatic carbocycles. The molecule has 0 atom stereocenters. The Kier molecular flexibility index (Phi) is 3.33. The van der Waals surface area contributed by atoms with Gasteiger partial charge in [-0.2, -0.15) is 15.0 Å². The molecule has 0 radical (unpaired) electrons. The van der Waals surface area contributed by atoms with Gasteiger partial charge in [-0.15, -0.1) is 0 Å². The van der Waals surface area contributed by atoms with Crippen molar-refractivity contribution < 1.29 is 4.79 Å². The van der Waals surface area contributed by atoms with Crippen molar-refractivity contribution in [2.75, 3.05) is 11.5 Å². The van der Waals surface area contributed by atoms with Crippen molar-refractivity contribution in [3.63, 3.8) is 0 Å². The van der Waals surface area contributed by atoms with Crippen LogP contribution in [0.2, 0.25) is 0 Å². The highest BCUT2D eigenvalue weighted by molar-refractivity contribution is 5.77. The molecule has 3 heterocycles. The molecular formula is C9H8N8O3. The first kappa shape index (κ1) is 13.1. The molecular weight excluding hydrogens is 268 g/mol. The number of carbonyl (C=O) groups is 1. The van der Waals surface area contributed by atoms with E-state index in [0.29, 0.717) is 5.82 Å². The van der Waals surface area contributed by atoms with Crippen molar-refractivity contribution in [3.8, 4) is 0 Å². The molecule has 2 amide bonds. The number of nitrogens with two attached hydrogens (primary N) is 2. The topological polar surface area (TPSA) is 185 Å². The smallest absolute Gasteiger partial charge is 0.370 e. The molecule has 11 heteroatoms. The molecule has 11 nitrogen and oxygen atoms in total. The van der Waals surface area contributed by atoms with Gasteiger partial charge in [0, 0.05) is 6.20 Å². The molecule has 6 N–H and O–H groups in total. The number of fused-ring (bicyclic) bond motifs is 1. The van der Waals surface area contributed by atoms with E-state index in [0.717, 1.165) is 0 Å². The van der Waals surface area contributed by atoms with Crippen LogP contribution in [-0.4, -0.2) is 26.0 Å². The molecule has 1 aliphatic rings. The predicted molar refractivity (Wildman–Crippen MR) is 66.2 cm³/mol. The highest BCUT2D eigenvalue weighted by Gasteiger charge is 2.09. The second-order valence-electron chi connectivity index (χ2n) is 3.46. The van der Waals surface area contributed by atoms with Crippen molar-refractivity contribution in [1.29, 1.82) is 0 Å². The fourth-order valence-corrected chi connectivity index (χ4v) is 1.24. The quantitative estimate of drug-likeness (QED) is 0.396. The summed E-state index contributed by atoms with van der Waals surface area (Å²) in [5.41, 5.74) is 9.39. The van der Waals surface area contributed by atoms with E-state index < -0.39 is 17.3 Å². The van der Waals surface area contributed by atoms with Crippen molar-refractivity contribution >= 4 is 17.8 Å². The maximum atomic E-state index is 11.0. The van der Waals surface area contributed by atoms with E-state index in [-0.39, 0.29) is 16.8 Å². The van der Waals surface area contributed by atoms with Gasteiger partial charge in [0.05, 0.1) is 0 Å². The highest BCUT2D eigenvalue weighted by atomic mass is 16.2. The number of nitrogen functional groups attached to an aromatic ring is 2. The minimum absolute atomic E-state index is 0.0127. The van der Waals surface area contributed by atoms with E-state index >= 15 is 0 Å². The summed E-state index contributed by atoms with van der Waals surface area (Å²) in [6.07, 6.45) is 1.36. The average Bonchev–Trinajstić information content (AvgIpc) is 2.70. The first-order valence-electron chi connectivity index (χ1n) is 5.14. The van der Waals surface area contributed by atoms with Gasteiger partial charge in [0.1, 0.15) is 5.82 Å². The predicted octanol–water partition coefficient (Wildman–Crippen LogP) is -2.92. The summed E-state index contributed by atoms with van der Waals surface area (Å²) in [6.45, 7) is 0. The van der Waals surface area contributed by atoms with Crippen molar-refractivity contribution in [2.24, 2.45) is 9.98 Å². The van der Waals surface area contributed by atoms with Crippen LogP contribution in [0.15, 0.2) is 31.8 Å². The third kappa shape index (κ3) is 2.90. The van der Waals surface area contributed by atoms with E-state index in [1.807, 2.05) is 0 Å². The Bertz CT molecular complexity index is 896. The lowest BCUT2D eigenvalue weighted by atomic mass is 10.6. The Morgan fingerprint density at radius 3 is 2.40 bits per heavy atom. The number of nitrogens with one attached hydrogen (secondary N) is 2. The molecule has 1 aliphatic heterocycles. The van der Waals surface area contributed by atoms with Crippen LogP contribution < -0.4 is 33.6 Å². The molecule has 0 saturated heterocycles. The van der Waals surface area contributed by atoms with E-state index in [4.69, 9.17) is 11.5 Å². The maximum Gasteiger partial charge on any atom is 0.370 e. The Balaban J connectivity index is 0.000000160. The molecule has 2 aromatic rings. The van der Waals surface area contributed by atoms with Crippen molar-refractivity contribution in [1.82, 2.24) is 19.9 Å². The molecule has 0 saturated carbocycles. The molecule has 0 bridgehead atoms. The fourth-order valence-electron chi connectivity index (χ4n) is 1.24. The molecule has 20 heavy (non-hydrogen) atoms. The normalized spacial score (nSPS) is 11.7. The van der Waals surface area contributed by atoms with E-state index in [1.165, 1.54) is 12.3 Å². The highest BCUT2D eigenvalue weighted by Crippen LogP contribution is 1.82. The molecule has 2 aromatic heterocycles. The van der Waals surface area contributed by atoms with Gasteiger partial charge < -0.3 is 11.5 Å². The van der Waals surface area contributed by atoms with Gasteiger partial charge in [-0.25, -0.2) is 14.6 Å². The van der Waals surface area contributed by atoms with E-state index in [2.05, 4.69) is 29.9 Å². The Labute approximate surface area is 109 Å². The molecule has 3 rings (SSSR count). The minimum Gasteiger partial charge on any atom is -0.385 e. The Morgan fingerprint density at radius 2 is 1.80 bits per heavy atom.